The molecule has 2 aromatic rings. The molecule has 24 heavy (non-hydrogen) atoms. The summed E-state index contributed by atoms with van der Waals surface area (Å²) >= 11 is 0. The highest BCUT2D eigenvalue weighted by Gasteiger charge is 2.12. The number of aliphatic hydroxyl groups excluding tert-OH is 1. The summed E-state index contributed by atoms with van der Waals surface area (Å²) in [7, 11) is 0. The van der Waals surface area contributed by atoms with E-state index in [0.29, 0.717) is 18.1 Å². The Hall–Kier alpha value is -2.51. The van der Waals surface area contributed by atoms with E-state index < -0.39 is 12.2 Å². The largest absolute Gasteiger partial charge is 1.00 e. The van der Waals surface area contributed by atoms with E-state index in [2.05, 4.69) is 15.6 Å². The standard InChI is InChI=1S/C16H20N4O3.ClH/c1-2-23-16(22)19-12-8-9-14(20-15(12)17)18-10-13(21)11-6-4-3-5-7-11;/h3-9,13,21H,2,10H2,1H3,(H,19,22)(H3,17,18,20);1H. The normalized spacial score (nSPS) is 11.1. The lowest BCUT2D eigenvalue weighted by Gasteiger charge is -2.11. The number of nitrogens with two attached hydrogens (primary N) is 1. The van der Waals surface area contributed by atoms with Crippen molar-refractivity contribution in [1.82, 2.24) is 0 Å². The van der Waals surface area contributed by atoms with Gasteiger partial charge in [0.15, 0.2) is 0 Å². The number of nitrogen functional groups attached to an aromatic ring is 1. The van der Waals surface area contributed by atoms with Crippen LogP contribution in [0.5, 0.6) is 0 Å². The van der Waals surface area contributed by atoms with Crippen LogP contribution in [0.1, 0.15) is 18.6 Å². The van der Waals surface area contributed by atoms with E-state index in [9.17, 15) is 9.90 Å². The Kier molecular flexibility index (Phi) is 7.81. The average molecular weight is 353 g/mol. The van der Waals surface area contributed by atoms with Crippen molar-refractivity contribution in [3.05, 3.63) is 48.0 Å². The summed E-state index contributed by atoms with van der Waals surface area (Å²) in [4.78, 5) is 14.3. The third-order valence-electron chi connectivity index (χ3n) is 3.16. The fourth-order valence-electron chi connectivity index (χ4n) is 2.00. The Morgan fingerprint density at radius 3 is 2.62 bits per heavy atom. The summed E-state index contributed by atoms with van der Waals surface area (Å²) in [6, 6.07) is 12.7. The van der Waals surface area contributed by atoms with Gasteiger partial charge >= 0.3 is 6.09 Å². The molecule has 1 aromatic heterocycles. The Labute approximate surface area is 146 Å². The predicted molar refractivity (Wildman–Crippen MR) is 87.9 cm³/mol. The number of anilines is 3. The molecule has 0 aliphatic rings. The van der Waals surface area contributed by atoms with Crippen molar-refractivity contribution >= 4 is 23.4 Å². The number of aliphatic hydroxyl groups is 1. The number of H-pyrrole nitrogens is 1. The number of rotatable bonds is 6. The number of aromatic amines is 1. The highest BCUT2D eigenvalue weighted by atomic mass is 35.5. The molecular formula is C16H21ClN4O3. The third kappa shape index (κ3) is 5.60. The number of benzene rings is 1. The molecule has 1 atom stereocenters. The molecular weight excluding hydrogens is 332 g/mol. The molecule has 6 N–H and O–H groups in total. The first-order chi connectivity index (χ1) is 11.1. The summed E-state index contributed by atoms with van der Waals surface area (Å²) < 4.78 is 4.79. The van der Waals surface area contributed by atoms with Crippen LogP contribution in [-0.2, 0) is 4.74 Å². The highest BCUT2D eigenvalue weighted by molar-refractivity contribution is 5.87. The van der Waals surface area contributed by atoms with Gasteiger partial charge in [0.05, 0.1) is 13.2 Å². The van der Waals surface area contributed by atoms with Crippen molar-refractivity contribution in [1.29, 1.82) is 0 Å². The number of pyridine rings is 1. The van der Waals surface area contributed by atoms with Gasteiger partial charge in [0.25, 0.3) is 0 Å². The first-order valence-electron chi connectivity index (χ1n) is 7.32. The van der Waals surface area contributed by atoms with E-state index in [1.165, 1.54) is 0 Å². The zero-order chi connectivity index (χ0) is 16.7. The van der Waals surface area contributed by atoms with Crippen molar-refractivity contribution in [3.8, 4) is 0 Å². The van der Waals surface area contributed by atoms with E-state index in [-0.39, 0.29) is 24.8 Å². The number of halogens is 1. The lowest BCUT2D eigenvalue weighted by atomic mass is 10.1. The summed E-state index contributed by atoms with van der Waals surface area (Å²) in [5.74, 6) is 0.921. The predicted octanol–water partition coefficient (Wildman–Crippen LogP) is -1.20. The van der Waals surface area contributed by atoms with Crippen LogP contribution in [0.3, 0.4) is 0 Å². The quantitative estimate of drug-likeness (QED) is 0.522. The fourth-order valence-corrected chi connectivity index (χ4v) is 2.00. The number of nitrogens with one attached hydrogen (secondary N) is 3. The van der Waals surface area contributed by atoms with Gasteiger partial charge in [0, 0.05) is 6.07 Å². The highest BCUT2D eigenvalue weighted by Crippen LogP contribution is 2.16. The van der Waals surface area contributed by atoms with Crippen LogP contribution in [-0.4, -0.2) is 24.4 Å². The number of hydrogen-bond acceptors (Lipinski definition) is 5. The second kappa shape index (κ2) is 9.59. The molecule has 130 valence electrons. The number of aromatic nitrogens is 1. The first kappa shape index (κ1) is 19.5. The first-order valence-corrected chi connectivity index (χ1v) is 7.32. The molecule has 7 nitrogen and oxygen atoms in total. The maximum absolute atomic E-state index is 11.4. The average Bonchev–Trinajstić information content (AvgIpc) is 2.56. The molecule has 0 saturated heterocycles. The molecule has 0 spiro atoms. The summed E-state index contributed by atoms with van der Waals surface area (Å²) in [5.41, 5.74) is 7.11. The van der Waals surface area contributed by atoms with Crippen LogP contribution < -0.4 is 33.8 Å². The Morgan fingerprint density at radius 1 is 1.29 bits per heavy atom. The van der Waals surface area contributed by atoms with E-state index in [4.69, 9.17) is 10.5 Å². The zero-order valence-corrected chi connectivity index (χ0v) is 14.0. The molecule has 0 radical (unpaired) electrons. The van der Waals surface area contributed by atoms with Gasteiger partial charge in [-0.15, -0.1) is 0 Å². The molecule has 0 bridgehead atoms. The van der Waals surface area contributed by atoms with Crippen molar-refractivity contribution in [2.24, 2.45) is 0 Å². The third-order valence-corrected chi connectivity index (χ3v) is 3.16. The van der Waals surface area contributed by atoms with Crippen molar-refractivity contribution in [2.75, 3.05) is 29.5 Å². The Balaban J connectivity index is 0.00000288. The minimum Gasteiger partial charge on any atom is -1.00 e. The van der Waals surface area contributed by atoms with E-state index in [0.717, 1.165) is 5.56 Å². The molecule has 0 aliphatic heterocycles. The Morgan fingerprint density at radius 2 is 2.00 bits per heavy atom. The zero-order valence-electron chi connectivity index (χ0n) is 13.3. The summed E-state index contributed by atoms with van der Waals surface area (Å²) in [5, 5.41) is 15.7. The number of amides is 1. The minimum absolute atomic E-state index is 0. The van der Waals surface area contributed by atoms with Crippen molar-refractivity contribution < 1.29 is 32.0 Å². The second-order valence-electron chi connectivity index (χ2n) is 4.85. The second-order valence-corrected chi connectivity index (χ2v) is 4.85. The number of hydrogen-bond donors (Lipinski definition) is 4. The Bertz CT molecular complexity index is 655. The molecule has 8 heteroatoms. The van der Waals surface area contributed by atoms with Gasteiger partial charge in [-0.1, -0.05) is 30.3 Å². The fraction of sp³-hybridized carbons (Fsp3) is 0.250. The lowest BCUT2D eigenvalue weighted by Crippen LogP contribution is -3.00. The van der Waals surface area contributed by atoms with Gasteiger partial charge in [-0.3, -0.25) is 5.32 Å². The van der Waals surface area contributed by atoms with Gasteiger partial charge < -0.3 is 33.3 Å². The van der Waals surface area contributed by atoms with Crippen LogP contribution in [0.2, 0.25) is 0 Å². The molecule has 2 rings (SSSR count). The summed E-state index contributed by atoms with van der Waals surface area (Å²) in [6.45, 7) is 2.33. The molecule has 1 unspecified atom stereocenters. The van der Waals surface area contributed by atoms with Crippen molar-refractivity contribution in [2.45, 2.75) is 13.0 Å². The van der Waals surface area contributed by atoms with Crippen LogP contribution in [0.25, 0.3) is 0 Å². The smallest absolute Gasteiger partial charge is 0.411 e. The van der Waals surface area contributed by atoms with Gasteiger partial charge in [-0.25, -0.2) is 9.78 Å². The monoisotopic (exact) mass is 352 g/mol. The van der Waals surface area contributed by atoms with Crippen LogP contribution in [0.15, 0.2) is 42.5 Å². The van der Waals surface area contributed by atoms with Gasteiger partial charge in [0.1, 0.15) is 11.8 Å². The van der Waals surface area contributed by atoms with Crippen LogP contribution in [0.4, 0.5) is 22.1 Å². The maximum Gasteiger partial charge on any atom is 0.411 e. The van der Waals surface area contributed by atoms with Crippen LogP contribution >= 0.6 is 0 Å². The number of carbonyl (C=O) groups excluding carboxylic acids is 1. The maximum atomic E-state index is 11.4. The summed E-state index contributed by atoms with van der Waals surface area (Å²) in [6.07, 6.45) is -1.20. The van der Waals surface area contributed by atoms with Gasteiger partial charge in [-0.05, 0) is 18.6 Å². The topological polar surface area (TPSA) is 111 Å². The van der Waals surface area contributed by atoms with Crippen molar-refractivity contribution in [3.63, 3.8) is 0 Å². The van der Waals surface area contributed by atoms with E-state index in [1.54, 1.807) is 19.1 Å². The minimum atomic E-state index is -0.636. The van der Waals surface area contributed by atoms with Gasteiger partial charge in [-0.2, -0.15) is 0 Å². The molecule has 0 aliphatic carbocycles. The number of ether oxygens (including phenoxy) is 1. The van der Waals surface area contributed by atoms with Gasteiger partial charge in [0.2, 0.25) is 11.6 Å². The number of carbonyl (C=O) groups is 1. The molecule has 1 heterocycles. The molecule has 1 aromatic carbocycles. The van der Waals surface area contributed by atoms with E-state index in [1.807, 2.05) is 30.3 Å². The molecule has 0 saturated carbocycles. The molecule has 1 amide bonds. The molecule has 0 fully saturated rings. The van der Waals surface area contributed by atoms with Crippen LogP contribution in [0, 0.1) is 0 Å². The SMILES string of the molecule is CCOC(=O)Nc1ccc(NCC(O)c2ccccc2)[nH+]c1N.[Cl-]. The van der Waals surface area contributed by atoms with E-state index >= 15 is 0 Å². The lowest BCUT2D eigenvalue weighted by molar-refractivity contribution is -0.342.